The smallest absolute Gasteiger partial charge is 0.0900 e. The molecule has 0 bridgehead atoms. The van der Waals surface area contributed by atoms with Crippen LogP contribution in [0, 0.1) is 0 Å². The first-order chi connectivity index (χ1) is 23.8. The molecule has 0 amide bonds. The Morgan fingerprint density at radius 2 is 0.646 bits per heavy atom. The molecule has 8 rings (SSSR count). The van der Waals surface area contributed by atoms with Gasteiger partial charge in [0.15, 0.2) is 0 Å². The van der Waals surface area contributed by atoms with Crippen LogP contribution < -0.4 is 0 Å². The van der Waals surface area contributed by atoms with Gasteiger partial charge in [0.05, 0.1) is 39.9 Å². The van der Waals surface area contributed by atoms with Crippen molar-refractivity contribution in [3.8, 4) is 78.8 Å². The fourth-order valence-electron chi connectivity index (χ4n) is 5.72. The van der Waals surface area contributed by atoms with Crippen molar-refractivity contribution in [1.82, 2.24) is 29.9 Å². The zero-order valence-corrected chi connectivity index (χ0v) is 25.8. The van der Waals surface area contributed by atoms with Gasteiger partial charge in [-0.15, -0.1) is 0 Å². The Morgan fingerprint density at radius 1 is 0.250 bits per heavy atom. The maximum absolute atomic E-state index is 4.92. The third-order valence-corrected chi connectivity index (χ3v) is 8.15. The minimum absolute atomic E-state index is 0.798. The molecule has 0 saturated heterocycles. The van der Waals surface area contributed by atoms with Crippen LogP contribution in [0.5, 0.6) is 0 Å². The van der Waals surface area contributed by atoms with E-state index < -0.39 is 0 Å². The lowest BCUT2D eigenvalue weighted by atomic mass is 9.94. The number of nitrogens with zero attached hydrogens (tertiary/aromatic N) is 6. The molecule has 8 aromatic rings. The van der Waals surface area contributed by atoms with Gasteiger partial charge in [-0.25, -0.2) is 4.98 Å². The molecule has 0 aliphatic rings. The zero-order valence-electron chi connectivity index (χ0n) is 25.8. The molecule has 0 atom stereocenters. The van der Waals surface area contributed by atoms with Crippen molar-refractivity contribution in [2.24, 2.45) is 0 Å². The fraction of sp³-hybridized carbons (Fsp3) is 0. The lowest BCUT2D eigenvalue weighted by molar-refractivity contribution is 1.22. The third kappa shape index (κ3) is 6.10. The van der Waals surface area contributed by atoms with Crippen molar-refractivity contribution in [2.45, 2.75) is 0 Å². The molecular formula is C42H28N6. The third-order valence-electron chi connectivity index (χ3n) is 8.15. The minimum Gasteiger partial charge on any atom is -0.256 e. The van der Waals surface area contributed by atoms with Gasteiger partial charge in [0.1, 0.15) is 0 Å². The molecule has 0 aliphatic heterocycles. The van der Waals surface area contributed by atoms with Gasteiger partial charge in [-0.1, -0.05) is 48.5 Å². The van der Waals surface area contributed by atoms with E-state index in [4.69, 9.17) is 9.97 Å². The van der Waals surface area contributed by atoms with Crippen LogP contribution in [0.4, 0.5) is 0 Å². The van der Waals surface area contributed by atoms with Gasteiger partial charge in [-0.2, -0.15) is 0 Å². The van der Waals surface area contributed by atoms with E-state index in [9.17, 15) is 0 Å². The first-order valence-electron chi connectivity index (χ1n) is 15.7. The lowest BCUT2D eigenvalue weighted by Crippen LogP contribution is -1.94. The molecule has 0 unspecified atom stereocenters. The Kier molecular flexibility index (Phi) is 7.79. The second-order valence-corrected chi connectivity index (χ2v) is 11.3. The highest BCUT2D eigenvalue weighted by atomic mass is 14.8. The molecule has 0 aliphatic carbocycles. The van der Waals surface area contributed by atoms with Gasteiger partial charge in [0.2, 0.25) is 0 Å². The number of pyridine rings is 6. The number of rotatable bonds is 7. The van der Waals surface area contributed by atoms with E-state index >= 15 is 0 Å². The van der Waals surface area contributed by atoms with E-state index in [0.29, 0.717) is 0 Å². The minimum atomic E-state index is 0.798. The van der Waals surface area contributed by atoms with Gasteiger partial charge in [0, 0.05) is 47.7 Å². The van der Waals surface area contributed by atoms with Gasteiger partial charge in [-0.3, -0.25) is 24.9 Å². The van der Waals surface area contributed by atoms with Crippen LogP contribution in [0.25, 0.3) is 78.8 Å². The first kappa shape index (κ1) is 28.8. The highest BCUT2D eigenvalue weighted by Gasteiger charge is 2.13. The Balaban J connectivity index is 1.18. The van der Waals surface area contributed by atoms with E-state index in [2.05, 4.69) is 86.7 Å². The molecule has 0 spiro atoms. The monoisotopic (exact) mass is 616 g/mol. The summed E-state index contributed by atoms with van der Waals surface area (Å²) in [5.41, 5.74) is 13.2. The SMILES string of the molecule is c1ccc(-c2ccc(-c3cc(-c4ccc(-c5cc(-c6ccccn6)nc(-c6ccccn6)c5)cc4)cc(-c4ccccn4)c3)nc2)nc1. The standard InChI is InChI=1S/C42H28N6/c1-5-19-43-36(9-1)31-17-18-38(47-28-31)35-24-32(23-34(25-35)37-10-2-6-20-44-37)29-13-15-30(16-14-29)33-26-41(39-11-3-7-21-45-39)48-42(27-33)40-12-4-8-22-46-40/h1-28H. The molecule has 6 heterocycles. The molecule has 0 N–H and O–H groups in total. The Morgan fingerprint density at radius 3 is 1.08 bits per heavy atom. The summed E-state index contributed by atoms with van der Waals surface area (Å²) in [6.07, 6.45) is 9.08. The van der Waals surface area contributed by atoms with Crippen LogP contribution in [-0.2, 0) is 0 Å². The van der Waals surface area contributed by atoms with Crippen LogP contribution in [-0.4, -0.2) is 29.9 Å². The summed E-state index contributed by atoms with van der Waals surface area (Å²) in [6, 6.07) is 47.1. The summed E-state index contributed by atoms with van der Waals surface area (Å²) in [5.74, 6) is 0. The van der Waals surface area contributed by atoms with E-state index in [0.717, 1.165) is 78.8 Å². The predicted octanol–water partition coefficient (Wildman–Crippen LogP) is 9.73. The number of aromatic nitrogens is 6. The van der Waals surface area contributed by atoms with Crippen molar-refractivity contribution < 1.29 is 0 Å². The molecule has 0 radical (unpaired) electrons. The first-order valence-corrected chi connectivity index (χ1v) is 15.7. The van der Waals surface area contributed by atoms with Crippen molar-refractivity contribution >= 4 is 0 Å². The summed E-state index contributed by atoms with van der Waals surface area (Å²) in [7, 11) is 0. The molecule has 48 heavy (non-hydrogen) atoms. The Hall–Kier alpha value is -6.66. The molecular weight excluding hydrogens is 589 g/mol. The van der Waals surface area contributed by atoms with Gasteiger partial charge < -0.3 is 0 Å². The van der Waals surface area contributed by atoms with E-state index in [1.54, 1.807) is 18.6 Å². The van der Waals surface area contributed by atoms with Crippen molar-refractivity contribution in [1.29, 1.82) is 0 Å². The normalized spacial score (nSPS) is 10.9. The predicted molar refractivity (Wildman–Crippen MR) is 191 cm³/mol. The quantitative estimate of drug-likeness (QED) is 0.177. The maximum atomic E-state index is 4.92. The Bertz CT molecular complexity index is 2240. The van der Waals surface area contributed by atoms with Crippen LogP contribution >= 0.6 is 0 Å². The zero-order chi connectivity index (χ0) is 32.1. The Labute approximate surface area is 278 Å². The highest BCUT2D eigenvalue weighted by molar-refractivity contribution is 5.81. The number of hydrogen-bond acceptors (Lipinski definition) is 6. The topological polar surface area (TPSA) is 77.3 Å². The van der Waals surface area contributed by atoms with Gasteiger partial charge in [0.25, 0.3) is 0 Å². The van der Waals surface area contributed by atoms with Crippen molar-refractivity contribution in [3.05, 3.63) is 171 Å². The van der Waals surface area contributed by atoms with E-state index in [1.807, 2.05) is 85.2 Å². The molecule has 226 valence electrons. The summed E-state index contributed by atoms with van der Waals surface area (Å²) in [6.45, 7) is 0. The molecule has 0 fully saturated rings. The van der Waals surface area contributed by atoms with Crippen LogP contribution in [0.3, 0.4) is 0 Å². The second-order valence-electron chi connectivity index (χ2n) is 11.3. The summed E-state index contributed by atoms with van der Waals surface area (Å²) in [4.78, 5) is 28.0. The summed E-state index contributed by atoms with van der Waals surface area (Å²) in [5, 5.41) is 0. The largest absolute Gasteiger partial charge is 0.256 e. The number of benzene rings is 2. The van der Waals surface area contributed by atoms with Crippen molar-refractivity contribution in [2.75, 3.05) is 0 Å². The summed E-state index contributed by atoms with van der Waals surface area (Å²) < 4.78 is 0. The average Bonchev–Trinajstić information content (AvgIpc) is 3.19. The highest BCUT2D eigenvalue weighted by Crippen LogP contribution is 2.34. The lowest BCUT2D eigenvalue weighted by Gasteiger charge is -2.12. The molecule has 6 heteroatoms. The molecule has 0 saturated carbocycles. The average molecular weight is 617 g/mol. The van der Waals surface area contributed by atoms with Gasteiger partial charge in [-0.05, 0) is 113 Å². The molecule has 2 aromatic carbocycles. The van der Waals surface area contributed by atoms with E-state index in [-0.39, 0.29) is 0 Å². The number of hydrogen-bond donors (Lipinski definition) is 0. The van der Waals surface area contributed by atoms with Crippen LogP contribution in [0.1, 0.15) is 0 Å². The molecule has 6 nitrogen and oxygen atoms in total. The summed E-state index contributed by atoms with van der Waals surface area (Å²) >= 11 is 0. The van der Waals surface area contributed by atoms with Gasteiger partial charge >= 0.3 is 0 Å². The molecule has 6 aromatic heterocycles. The maximum Gasteiger partial charge on any atom is 0.0900 e. The van der Waals surface area contributed by atoms with E-state index in [1.165, 1.54) is 0 Å². The second kappa shape index (κ2) is 13.0. The van der Waals surface area contributed by atoms with Crippen LogP contribution in [0.15, 0.2) is 171 Å². The van der Waals surface area contributed by atoms with Crippen molar-refractivity contribution in [3.63, 3.8) is 0 Å². The van der Waals surface area contributed by atoms with Crippen LogP contribution in [0.2, 0.25) is 0 Å². The fourth-order valence-corrected chi connectivity index (χ4v) is 5.72.